The maximum atomic E-state index is 11.2. The van der Waals surface area contributed by atoms with E-state index in [1.807, 2.05) is 22.8 Å². The van der Waals surface area contributed by atoms with E-state index in [0.717, 1.165) is 5.82 Å². The molecule has 0 bridgehead atoms. The van der Waals surface area contributed by atoms with E-state index in [1.165, 1.54) is 16.6 Å². The molecule has 0 saturated carbocycles. The Morgan fingerprint density at radius 1 is 1.50 bits per heavy atom. The molecule has 0 fully saturated rings. The van der Waals surface area contributed by atoms with E-state index in [1.54, 1.807) is 11.3 Å². The Balaban J connectivity index is 1.75. The van der Waals surface area contributed by atoms with Gasteiger partial charge in [0.1, 0.15) is 5.82 Å². The largest absolute Gasteiger partial charge is 0.351 e. The molecule has 0 radical (unpaired) electrons. The second-order valence-corrected chi connectivity index (χ2v) is 5.93. The van der Waals surface area contributed by atoms with Crippen LogP contribution in [0.25, 0.3) is 0 Å². The summed E-state index contributed by atoms with van der Waals surface area (Å²) in [5.41, 5.74) is 4.84. The fourth-order valence-electron chi connectivity index (χ4n) is 1.43. The number of thioether (sulfide) groups is 1. The normalized spacial score (nSPS) is 10.4. The van der Waals surface area contributed by atoms with Crippen LogP contribution in [0.3, 0.4) is 0 Å². The molecular weight excluding hydrogens is 298 g/mol. The summed E-state index contributed by atoms with van der Waals surface area (Å²) < 4.78 is 0. The van der Waals surface area contributed by atoms with Gasteiger partial charge in [-0.05, 0) is 11.4 Å². The summed E-state index contributed by atoms with van der Waals surface area (Å²) in [6, 6.07) is 3.19. The van der Waals surface area contributed by atoms with Crippen molar-refractivity contribution in [3.05, 3.63) is 28.2 Å². The van der Waals surface area contributed by atoms with Crippen LogP contribution in [0.1, 0.15) is 17.1 Å². The molecule has 0 saturated heterocycles. The maximum absolute atomic E-state index is 11.2. The molecule has 2 heterocycles. The van der Waals surface area contributed by atoms with Crippen molar-refractivity contribution in [3.63, 3.8) is 0 Å². The van der Waals surface area contributed by atoms with Crippen LogP contribution in [0.5, 0.6) is 0 Å². The molecular formula is C11H13N5O2S2. The lowest BCUT2D eigenvalue weighted by Crippen LogP contribution is -2.35. The van der Waals surface area contributed by atoms with Crippen molar-refractivity contribution in [3.8, 4) is 0 Å². The van der Waals surface area contributed by atoms with Gasteiger partial charge >= 0.3 is 6.03 Å². The number of urea groups is 1. The van der Waals surface area contributed by atoms with E-state index >= 15 is 0 Å². The standard InChI is InChI=1S/C11H13N5O2S2/c12-10(18)14-9(17)3-5-20-11-13-8(15-16-11)6-7-2-1-4-19-7/h1-2,4H,3,5-6H2,(H,13,15,16)(H3,12,14,17,18). The first-order valence-corrected chi connectivity index (χ1v) is 7.66. The molecule has 0 spiro atoms. The fourth-order valence-corrected chi connectivity index (χ4v) is 2.90. The molecule has 0 aliphatic heterocycles. The molecule has 2 aromatic rings. The van der Waals surface area contributed by atoms with Gasteiger partial charge in [-0.2, -0.15) is 0 Å². The first kappa shape index (κ1) is 14.5. The third-order valence-corrected chi connectivity index (χ3v) is 3.98. The van der Waals surface area contributed by atoms with E-state index in [2.05, 4.69) is 15.2 Å². The summed E-state index contributed by atoms with van der Waals surface area (Å²) in [5, 5.41) is 11.5. The van der Waals surface area contributed by atoms with E-state index < -0.39 is 11.9 Å². The molecule has 20 heavy (non-hydrogen) atoms. The van der Waals surface area contributed by atoms with Crippen LogP contribution in [0.15, 0.2) is 22.7 Å². The number of amides is 3. The molecule has 0 atom stereocenters. The third-order valence-electron chi connectivity index (χ3n) is 2.26. The van der Waals surface area contributed by atoms with Gasteiger partial charge in [0.05, 0.1) is 0 Å². The van der Waals surface area contributed by atoms with Crippen molar-refractivity contribution in [1.29, 1.82) is 0 Å². The SMILES string of the molecule is NC(=O)NC(=O)CCSc1n[nH]c(Cc2cccs2)n1. The first-order chi connectivity index (χ1) is 9.63. The molecule has 0 unspecified atom stereocenters. The molecule has 4 N–H and O–H groups in total. The Labute approximate surface area is 123 Å². The average Bonchev–Trinajstić information content (AvgIpc) is 3.01. The Bertz CT molecular complexity index is 581. The van der Waals surface area contributed by atoms with E-state index in [9.17, 15) is 9.59 Å². The number of aromatic nitrogens is 3. The zero-order chi connectivity index (χ0) is 14.4. The number of imide groups is 1. The van der Waals surface area contributed by atoms with Crippen LogP contribution < -0.4 is 11.1 Å². The van der Waals surface area contributed by atoms with Gasteiger partial charge in [-0.1, -0.05) is 17.8 Å². The molecule has 3 amide bonds. The Kier molecular flexibility index (Phi) is 5.13. The maximum Gasteiger partial charge on any atom is 0.318 e. The second kappa shape index (κ2) is 7.06. The number of nitrogens with two attached hydrogens (primary N) is 1. The number of primary amides is 1. The van der Waals surface area contributed by atoms with Crippen molar-refractivity contribution in [1.82, 2.24) is 20.5 Å². The summed E-state index contributed by atoms with van der Waals surface area (Å²) in [6.45, 7) is 0. The number of nitrogens with zero attached hydrogens (tertiary/aromatic N) is 2. The van der Waals surface area contributed by atoms with Gasteiger partial charge in [0, 0.05) is 23.5 Å². The minimum absolute atomic E-state index is 0.183. The Morgan fingerprint density at radius 2 is 2.35 bits per heavy atom. The smallest absolute Gasteiger partial charge is 0.318 e. The number of carbonyl (C=O) groups is 2. The van der Waals surface area contributed by atoms with Crippen LogP contribution in [-0.4, -0.2) is 32.9 Å². The predicted molar refractivity (Wildman–Crippen MR) is 76.6 cm³/mol. The summed E-state index contributed by atoms with van der Waals surface area (Å²) in [4.78, 5) is 27.2. The number of aromatic amines is 1. The van der Waals surface area contributed by atoms with Crippen molar-refractivity contribution in [2.45, 2.75) is 18.0 Å². The molecule has 9 heteroatoms. The number of thiophene rings is 1. The highest BCUT2D eigenvalue weighted by molar-refractivity contribution is 7.99. The van der Waals surface area contributed by atoms with Crippen LogP contribution in [0.4, 0.5) is 4.79 Å². The van der Waals surface area contributed by atoms with E-state index in [0.29, 0.717) is 17.3 Å². The van der Waals surface area contributed by atoms with Crippen molar-refractivity contribution in [2.75, 3.05) is 5.75 Å². The molecule has 7 nitrogen and oxygen atoms in total. The van der Waals surface area contributed by atoms with Crippen LogP contribution >= 0.6 is 23.1 Å². The van der Waals surface area contributed by atoms with Gasteiger partial charge in [-0.3, -0.25) is 15.2 Å². The van der Waals surface area contributed by atoms with Gasteiger partial charge < -0.3 is 5.73 Å². The molecule has 2 rings (SSSR count). The van der Waals surface area contributed by atoms with Gasteiger partial charge in [0.2, 0.25) is 11.1 Å². The second-order valence-electron chi connectivity index (χ2n) is 3.83. The minimum Gasteiger partial charge on any atom is -0.351 e. The summed E-state index contributed by atoms with van der Waals surface area (Å²) in [7, 11) is 0. The summed E-state index contributed by atoms with van der Waals surface area (Å²) in [5.74, 6) is 0.867. The lowest BCUT2D eigenvalue weighted by atomic mass is 10.3. The Hall–Kier alpha value is -1.87. The van der Waals surface area contributed by atoms with Crippen LogP contribution in [-0.2, 0) is 11.2 Å². The van der Waals surface area contributed by atoms with Crippen molar-refractivity contribution >= 4 is 35.0 Å². The number of nitrogens with one attached hydrogen (secondary N) is 2. The summed E-state index contributed by atoms with van der Waals surface area (Å²) in [6.07, 6.45) is 0.899. The number of hydrogen-bond acceptors (Lipinski definition) is 6. The quantitative estimate of drug-likeness (QED) is 0.692. The molecule has 0 aliphatic carbocycles. The minimum atomic E-state index is -0.837. The Morgan fingerprint density at radius 3 is 3.05 bits per heavy atom. The van der Waals surface area contributed by atoms with Crippen LogP contribution in [0.2, 0.25) is 0 Å². The highest BCUT2D eigenvalue weighted by Crippen LogP contribution is 2.16. The van der Waals surface area contributed by atoms with Gasteiger partial charge in [-0.25, -0.2) is 9.78 Å². The zero-order valence-electron chi connectivity index (χ0n) is 10.5. The van der Waals surface area contributed by atoms with Crippen molar-refractivity contribution < 1.29 is 9.59 Å². The van der Waals surface area contributed by atoms with Gasteiger partial charge in [0.25, 0.3) is 0 Å². The number of hydrogen-bond donors (Lipinski definition) is 3. The molecule has 0 aromatic carbocycles. The lowest BCUT2D eigenvalue weighted by Gasteiger charge is -1.98. The highest BCUT2D eigenvalue weighted by Gasteiger charge is 2.08. The highest BCUT2D eigenvalue weighted by atomic mass is 32.2. The predicted octanol–water partition coefficient (Wildman–Crippen LogP) is 1.13. The molecule has 2 aromatic heterocycles. The topological polar surface area (TPSA) is 114 Å². The average molecular weight is 311 g/mol. The fraction of sp³-hybridized carbons (Fsp3) is 0.273. The summed E-state index contributed by atoms with van der Waals surface area (Å²) >= 11 is 3.01. The molecule has 106 valence electrons. The monoisotopic (exact) mass is 311 g/mol. The third kappa shape index (κ3) is 4.67. The molecule has 0 aliphatic rings. The first-order valence-electron chi connectivity index (χ1n) is 5.79. The van der Waals surface area contributed by atoms with Crippen molar-refractivity contribution in [2.24, 2.45) is 5.73 Å². The van der Waals surface area contributed by atoms with Gasteiger partial charge in [0.15, 0.2) is 0 Å². The van der Waals surface area contributed by atoms with Crippen LogP contribution in [0, 0.1) is 0 Å². The number of H-pyrrole nitrogens is 1. The zero-order valence-corrected chi connectivity index (χ0v) is 12.1. The number of rotatable bonds is 6. The lowest BCUT2D eigenvalue weighted by molar-refractivity contribution is -0.119. The number of carbonyl (C=O) groups excluding carboxylic acids is 2. The van der Waals surface area contributed by atoms with Gasteiger partial charge in [-0.15, -0.1) is 16.4 Å². The van der Waals surface area contributed by atoms with E-state index in [-0.39, 0.29) is 6.42 Å². The van der Waals surface area contributed by atoms with E-state index in [4.69, 9.17) is 5.73 Å².